The first-order valence-electron chi connectivity index (χ1n) is 5.74. The van der Waals surface area contributed by atoms with Crippen LogP contribution >= 0.6 is 0 Å². The van der Waals surface area contributed by atoms with Crippen molar-refractivity contribution in [2.24, 2.45) is 0 Å². The summed E-state index contributed by atoms with van der Waals surface area (Å²) in [4.78, 5) is 0. The Morgan fingerprint density at radius 2 is 1.79 bits per heavy atom. The van der Waals surface area contributed by atoms with Crippen LogP contribution in [0.15, 0.2) is 18.2 Å². The molecule has 1 rings (SSSR count). The highest BCUT2D eigenvalue weighted by atomic mass is 14.2. The molecule has 0 fully saturated rings. The summed E-state index contributed by atoms with van der Waals surface area (Å²) in [5.74, 6) is -0.509. The largest absolute Gasteiger partial charge is 0.0617 e. The lowest BCUT2D eigenvalue weighted by Crippen LogP contribution is -2.14. The molecule has 0 atom stereocenters. The third-order valence-corrected chi connectivity index (χ3v) is 2.68. The molecule has 78 valence electrons. The molecule has 0 aromatic heterocycles. The monoisotopic (exact) mass is 191 g/mol. The minimum absolute atomic E-state index is 0.158. The predicted molar refractivity (Wildman–Crippen MR) is 64.0 cm³/mol. The maximum Gasteiger partial charge on any atom is 0.0347 e. The van der Waals surface area contributed by atoms with Crippen molar-refractivity contribution >= 4 is 0 Å². The van der Waals surface area contributed by atoms with Crippen LogP contribution in [0.1, 0.15) is 58.6 Å². The molecule has 0 amide bonds. The second-order valence-corrected chi connectivity index (χ2v) is 5.23. The molecular weight excluding hydrogens is 168 g/mol. The molecule has 1 aromatic carbocycles. The van der Waals surface area contributed by atoms with Gasteiger partial charge in [-0.15, -0.1) is 0 Å². The van der Waals surface area contributed by atoms with E-state index in [0.29, 0.717) is 0 Å². The molecule has 0 aliphatic carbocycles. The second kappa shape index (κ2) is 3.76. The van der Waals surface area contributed by atoms with E-state index < -0.39 is 5.89 Å². The van der Waals surface area contributed by atoms with Crippen LogP contribution in [0.4, 0.5) is 0 Å². The average Bonchev–Trinajstić information content (AvgIpc) is 1.99. The predicted octanol–water partition coefficient (Wildman–Crippen LogP) is 4.42. The molecule has 0 heteroatoms. The van der Waals surface area contributed by atoms with Crippen molar-refractivity contribution in [2.75, 3.05) is 0 Å². The molecule has 0 saturated heterocycles. The highest BCUT2D eigenvalue weighted by molar-refractivity contribution is 5.39. The SMILES string of the molecule is [2H]C(C)(C)c1cccc(C(C)(C)C)c1C. The summed E-state index contributed by atoms with van der Waals surface area (Å²) >= 11 is 0. The number of hydrogen-bond acceptors (Lipinski definition) is 0. The molecular formula is C14H22. The second-order valence-electron chi connectivity index (χ2n) is 5.23. The van der Waals surface area contributed by atoms with Crippen LogP contribution in [0.2, 0.25) is 0 Å². The van der Waals surface area contributed by atoms with E-state index in [2.05, 4.69) is 45.9 Å². The summed E-state index contributed by atoms with van der Waals surface area (Å²) in [6.45, 7) is 12.7. The molecule has 0 bridgehead atoms. The van der Waals surface area contributed by atoms with Gasteiger partial charge in [0, 0.05) is 1.37 Å². The van der Waals surface area contributed by atoms with Gasteiger partial charge in [-0.2, -0.15) is 0 Å². The zero-order chi connectivity index (χ0) is 11.9. The van der Waals surface area contributed by atoms with E-state index in [9.17, 15) is 0 Å². The van der Waals surface area contributed by atoms with Gasteiger partial charge >= 0.3 is 0 Å². The van der Waals surface area contributed by atoms with Crippen LogP contribution in [-0.2, 0) is 5.41 Å². The molecule has 0 heterocycles. The average molecular weight is 191 g/mol. The number of rotatable bonds is 1. The van der Waals surface area contributed by atoms with Gasteiger partial charge in [0.15, 0.2) is 0 Å². The lowest BCUT2D eigenvalue weighted by Gasteiger charge is -2.24. The summed E-state index contributed by atoms with van der Waals surface area (Å²) in [6.07, 6.45) is 0. The van der Waals surface area contributed by atoms with Gasteiger partial charge in [-0.25, -0.2) is 0 Å². The molecule has 0 nitrogen and oxygen atoms in total. The van der Waals surface area contributed by atoms with Crippen molar-refractivity contribution in [1.29, 1.82) is 0 Å². The molecule has 14 heavy (non-hydrogen) atoms. The van der Waals surface area contributed by atoms with Gasteiger partial charge in [0.25, 0.3) is 0 Å². The van der Waals surface area contributed by atoms with Crippen LogP contribution in [0.25, 0.3) is 0 Å². The van der Waals surface area contributed by atoms with E-state index in [1.54, 1.807) is 0 Å². The van der Waals surface area contributed by atoms with Gasteiger partial charge in [-0.1, -0.05) is 52.8 Å². The fourth-order valence-electron chi connectivity index (χ4n) is 1.99. The Morgan fingerprint density at radius 3 is 2.21 bits per heavy atom. The molecule has 0 unspecified atom stereocenters. The Bertz CT molecular complexity index is 318. The van der Waals surface area contributed by atoms with Crippen molar-refractivity contribution in [1.82, 2.24) is 0 Å². The first kappa shape index (κ1) is 9.76. The van der Waals surface area contributed by atoms with Crippen molar-refractivity contribution in [3.8, 4) is 0 Å². The van der Waals surface area contributed by atoms with Crippen LogP contribution in [-0.4, -0.2) is 0 Å². The number of benzene rings is 1. The fourth-order valence-corrected chi connectivity index (χ4v) is 1.99. The molecule has 1 aromatic rings. The summed E-state index contributed by atoms with van der Waals surface area (Å²) < 4.78 is 8.11. The molecule has 0 radical (unpaired) electrons. The Kier molecular flexibility index (Phi) is 2.62. The van der Waals surface area contributed by atoms with Gasteiger partial charge in [0.1, 0.15) is 0 Å². The van der Waals surface area contributed by atoms with E-state index in [4.69, 9.17) is 1.37 Å². The minimum Gasteiger partial charge on any atom is -0.0617 e. The van der Waals surface area contributed by atoms with Crippen LogP contribution in [0.5, 0.6) is 0 Å². The first-order chi connectivity index (χ1) is 6.64. The zero-order valence-electron chi connectivity index (χ0n) is 11.2. The summed E-state index contributed by atoms with van der Waals surface area (Å²) in [6, 6.07) is 6.31. The summed E-state index contributed by atoms with van der Waals surface area (Å²) in [5.41, 5.74) is 3.91. The van der Waals surface area contributed by atoms with E-state index >= 15 is 0 Å². The van der Waals surface area contributed by atoms with E-state index in [0.717, 1.165) is 5.56 Å². The van der Waals surface area contributed by atoms with Gasteiger partial charge in [-0.3, -0.25) is 0 Å². The summed E-state index contributed by atoms with van der Waals surface area (Å²) in [7, 11) is 0. The first-order valence-corrected chi connectivity index (χ1v) is 5.24. The smallest absolute Gasteiger partial charge is 0.0347 e. The third-order valence-electron chi connectivity index (χ3n) is 2.68. The molecule has 0 spiro atoms. The normalized spacial score (nSPS) is 14.0. The van der Waals surface area contributed by atoms with Crippen molar-refractivity contribution in [3.05, 3.63) is 34.9 Å². The topological polar surface area (TPSA) is 0 Å². The standard InChI is InChI=1S/C14H22/c1-10(2)12-8-7-9-13(11(12)3)14(4,5)6/h7-10H,1-6H3/i10D. The van der Waals surface area contributed by atoms with Crippen LogP contribution in [0, 0.1) is 6.92 Å². The van der Waals surface area contributed by atoms with Crippen molar-refractivity contribution < 1.29 is 1.37 Å². The van der Waals surface area contributed by atoms with Gasteiger partial charge in [0.05, 0.1) is 0 Å². The van der Waals surface area contributed by atoms with Crippen LogP contribution < -0.4 is 0 Å². The lowest BCUT2D eigenvalue weighted by molar-refractivity contribution is 0.584. The number of hydrogen-bond donors (Lipinski definition) is 0. The maximum atomic E-state index is 8.11. The maximum absolute atomic E-state index is 8.11. The van der Waals surface area contributed by atoms with Crippen molar-refractivity contribution in [3.63, 3.8) is 0 Å². The van der Waals surface area contributed by atoms with Crippen molar-refractivity contribution in [2.45, 2.75) is 52.9 Å². The Balaban J connectivity index is 3.37. The molecule has 0 N–H and O–H groups in total. The fraction of sp³-hybridized carbons (Fsp3) is 0.571. The minimum atomic E-state index is -0.509. The summed E-state index contributed by atoms with van der Waals surface area (Å²) in [5, 5.41) is 0. The quantitative estimate of drug-likeness (QED) is 0.616. The highest BCUT2D eigenvalue weighted by Gasteiger charge is 2.18. The molecule has 0 aliphatic heterocycles. The zero-order valence-corrected chi connectivity index (χ0v) is 10.2. The molecule has 0 aliphatic rings. The Hall–Kier alpha value is -0.780. The Morgan fingerprint density at radius 1 is 1.21 bits per heavy atom. The Labute approximate surface area is 89.8 Å². The van der Waals surface area contributed by atoms with Gasteiger partial charge in [0.2, 0.25) is 0 Å². The van der Waals surface area contributed by atoms with E-state index in [1.165, 1.54) is 11.1 Å². The lowest BCUT2D eigenvalue weighted by atomic mass is 9.81. The van der Waals surface area contributed by atoms with E-state index in [-0.39, 0.29) is 5.41 Å². The van der Waals surface area contributed by atoms with Crippen LogP contribution in [0.3, 0.4) is 0 Å². The molecule has 0 saturated carbocycles. The van der Waals surface area contributed by atoms with Gasteiger partial charge < -0.3 is 0 Å². The van der Waals surface area contributed by atoms with Gasteiger partial charge in [-0.05, 0) is 34.9 Å². The van der Waals surface area contributed by atoms with E-state index in [1.807, 2.05) is 13.8 Å². The third kappa shape index (κ3) is 2.17. The highest BCUT2D eigenvalue weighted by Crippen LogP contribution is 2.30.